The van der Waals surface area contributed by atoms with Gasteiger partial charge in [0.25, 0.3) is 0 Å². The maximum atomic E-state index is 14.1. The zero-order chi connectivity index (χ0) is 39.1. The highest BCUT2D eigenvalue weighted by Crippen LogP contribution is 2.20. The molecule has 1 aromatic carbocycles. The first-order valence-electron chi connectivity index (χ1n) is 16.8. The number of carboxylic acid groups (broad SMARTS) is 1. The number of rotatable bonds is 20. The van der Waals surface area contributed by atoms with Gasteiger partial charge in [-0.05, 0) is 37.7 Å². The number of hydrogen-bond donors (Lipinski definition) is 10. The standard InChI is InChI=1S/C33H50N8O11/c1-17(2)12-20(38-31(49)27(35)18(3)43)28(46)39-22(13-19-8-5-4-6-9-19)32(50)41-11-7-10-24(41)30(48)36-15-26(45)37-21(14-25(34)44)29(47)40-23(16-42)33(51)52/h4-6,8-9,17-18,20-24,27,42-43H,7,10-16,35H2,1-3H3,(H2,34,44)(H,36,48)(H,37,45)(H,38,49)(H,39,46)(H,40,47)(H,51,52)/t18-,20+,21+,22+,23+,24+,27+/m1/s1. The van der Waals surface area contributed by atoms with Crippen LogP contribution < -0.4 is 38.1 Å². The lowest BCUT2D eigenvalue weighted by Gasteiger charge is -2.30. The molecule has 0 saturated carbocycles. The number of aliphatic hydroxyl groups is 2. The number of benzene rings is 1. The summed E-state index contributed by atoms with van der Waals surface area (Å²) < 4.78 is 0. The van der Waals surface area contributed by atoms with Crippen LogP contribution in [0.4, 0.5) is 0 Å². The Balaban J connectivity index is 2.20. The summed E-state index contributed by atoms with van der Waals surface area (Å²) in [6.07, 6.45) is -1.02. The molecule has 0 aliphatic carbocycles. The van der Waals surface area contributed by atoms with E-state index in [9.17, 15) is 48.6 Å². The highest BCUT2D eigenvalue weighted by atomic mass is 16.4. The van der Waals surface area contributed by atoms with Crippen molar-refractivity contribution in [2.75, 3.05) is 19.7 Å². The van der Waals surface area contributed by atoms with Crippen molar-refractivity contribution in [2.24, 2.45) is 17.4 Å². The number of primary amides is 1. The van der Waals surface area contributed by atoms with E-state index in [1.54, 1.807) is 30.3 Å². The molecule has 1 saturated heterocycles. The second-order valence-electron chi connectivity index (χ2n) is 13.0. The number of nitrogens with one attached hydrogen (secondary N) is 5. The van der Waals surface area contributed by atoms with Crippen LogP contribution in [0.1, 0.15) is 52.0 Å². The van der Waals surface area contributed by atoms with Crippen LogP contribution in [0.5, 0.6) is 0 Å². The van der Waals surface area contributed by atoms with Crippen LogP contribution >= 0.6 is 0 Å². The third kappa shape index (κ3) is 13.5. The van der Waals surface area contributed by atoms with Crippen LogP contribution in [0.3, 0.4) is 0 Å². The minimum atomic E-state index is -1.71. The Bertz CT molecular complexity index is 1440. The Kier molecular flexibility index (Phi) is 17.1. The van der Waals surface area contributed by atoms with Gasteiger partial charge in [-0.25, -0.2) is 4.79 Å². The van der Waals surface area contributed by atoms with E-state index in [-0.39, 0.29) is 31.7 Å². The van der Waals surface area contributed by atoms with E-state index in [0.29, 0.717) is 12.0 Å². The molecule has 19 nitrogen and oxygen atoms in total. The third-order valence-electron chi connectivity index (χ3n) is 8.18. The van der Waals surface area contributed by atoms with Gasteiger partial charge in [0.15, 0.2) is 0 Å². The molecule has 0 bridgehead atoms. The summed E-state index contributed by atoms with van der Waals surface area (Å²) in [4.78, 5) is 103. The fraction of sp³-hybridized carbons (Fsp3) is 0.576. The van der Waals surface area contributed by atoms with Gasteiger partial charge in [-0.15, -0.1) is 0 Å². The topological polar surface area (TPSA) is 313 Å². The smallest absolute Gasteiger partial charge is 0.328 e. The lowest BCUT2D eigenvalue weighted by molar-refractivity contribution is -0.143. The second kappa shape index (κ2) is 20.6. The number of carbonyl (C=O) groups is 8. The number of aliphatic hydroxyl groups excluding tert-OH is 2. The van der Waals surface area contributed by atoms with Crippen molar-refractivity contribution in [3.63, 3.8) is 0 Å². The van der Waals surface area contributed by atoms with Crippen molar-refractivity contribution < 1.29 is 53.7 Å². The van der Waals surface area contributed by atoms with E-state index in [1.165, 1.54) is 11.8 Å². The molecule has 1 aromatic rings. The molecule has 0 aromatic heterocycles. The number of likely N-dealkylation sites (tertiary alicyclic amines) is 1. The van der Waals surface area contributed by atoms with Crippen LogP contribution in [0.25, 0.3) is 0 Å². The molecule has 1 aliphatic rings. The van der Waals surface area contributed by atoms with Crippen LogP contribution in [0.15, 0.2) is 30.3 Å². The molecule has 7 amide bonds. The Hall–Kier alpha value is -5.14. The Morgan fingerprint density at radius 1 is 0.865 bits per heavy atom. The van der Waals surface area contributed by atoms with Crippen LogP contribution in [0, 0.1) is 5.92 Å². The van der Waals surface area contributed by atoms with Crippen molar-refractivity contribution in [1.29, 1.82) is 0 Å². The highest BCUT2D eigenvalue weighted by Gasteiger charge is 2.39. The predicted octanol–water partition coefficient (Wildman–Crippen LogP) is -4.02. The monoisotopic (exact) mass is 734 g/mol. The molecule has 288 valence electrons. The average Bonchev–Trinajstić information content (AvgIpc) is 3.58. The van der Waals surface area contributed by atoms with E-state index in [4.69, 9.17) is 16.6 Å². The summed E-state index contributed by atoms with van der Waals surface area (Å²) in [5.41, 5.74) is 11.6. The highest BCUT2D eigenvalue weighted by molar-refractivity contribution is 5.97. The van der Waals surface area contributed by atoms with Gasteiger partial charge >= 0.3 is 5.97 Å². The first-order valence-corrected chi connectivity index (χ1v) is 16.8. The SMILES string of the molecule is CC(C)C[C@H](NC(=O)[C@@H](N)[C@@H](C)O)C(=O)N[C@@H](Cc1ccccc1)C(=O)N1CCC[C@H]1C(=O)NCC(=O)N[C@@H](CC(N)=O)C(=O)N[C@@H](CO)C(=O)O. The molecule has 0 unspecified atom stereocenters. The Morgan fingerprint density at radius 3 is 2.02 bits per heavy atom. The van der Waals surface area contributed by atoms with Crippen LogP contribution in [-0.4, -0.2) is 130 Å². The van der Waals surface area contributed by atoms with Crippen molar-refractivity contribution in [1.82, 2.24) is 31.5 Å². The Morgan fingerprint density at radius 2 is 1.46 bits per heavy atom. The summed E-state index contributed by atoms with van der Waals surface area (Å²) in [5, 5.41) is 39.9. The maximum absolute atomic E-state index is 14.1. The van der Waals surface area contributed by atoms with Gasteiger partial charge in [0.05, 0.1) is 25.7 Å². The number of amides is 7. The maximum Gasteiger partial charge on any atom is 0.328 e. The summed E-state index contributed by atoms with van der Waals surface area (Å²) in [7, 11) is 0. The molecule has 2 rings (SSSR count). The van der Waals surface area contributed by atoms with Crippen molar-refractivity contribution in [2.45, 2.75) is 95.2 Å². The van der Waals surface area contributed by atoms with E-state index in [1.807, 2.05) is 19.2 Å². The molecule has 7 atom stereocenters. The minimum Gasteiger partial charge on any atom is -0.480 e. The molecule has 1 heterocycles. The van der Waals surface area contributed by atoms with Gasteiger partial charge < -0.3 is 58.3 Å². The van der Waals surface area contributed by atoms with Gasteiger partial charge in [0, 0.05) is 13.0 Å². The van der Waals surface area contributed by atoms with Gasteiger partial charge in [-0.3, -0.25) is 33.6 Å². The first kappa shape index (κ1) is 43.0. The molecule has 0 spiro atoms. The number of nitrogens with two attached hydrogens (primary N) is 2. The van der Waals surface area contributed by atoms with E-state index >= 15 is 0 Å². The van der Waals surface area contributed by atoms with Crippen molar-refractivity contribution in [3.05, 3.63) is 35.9 Å². The first-order chi connectivity index (χ1) is 24.4. The van der Waals surface area contributed by atoms with E-state index < -0.39 is 109 Å². The van der Waals surface area contributed by atoms with Crippen LogP contribution in [0.2, 0.25) is 0 Å². The minimum absolute atomic E-state index is 0.0382. The van der Waals surface area contributed by atoms with Gasteiger partial charge in [0.2, 0.25) is 41.4 Å². The lowest BCUT2D eigenvalue weighted by atomic mass is 10.00. The second-order valence-corrected chi connectivity index (χ2v) is 13.0. The number of carbonyl (C=O) groups excluding carboxylic acids is 7. The molecule has 1 aliphatic heterocycles. The predicted molar refractivity (Wildman–Crippen MR) is 183 cm³/mol. The number of hydrogen-bond acceptors (Lipinski definition) is 11. The lowest BCUT2D eigenvalue weighted by Crippen LogP contribution is -2.59. The average molecular weight is 735 g/mol. The Labute approximate surface area is 300 Å². The zero-order valence-corrected chi connectivity index (χ0v) is 29.4. The summed E-state index contributed by atoms with van der Waals surface area (Å²) in [6.45, 7) is 3.49. The van der Waals surface area contributed by atoms with E-state index in [2.05, 4.69) is 21.3 Å². The van der Waals surface area contributed by atoms with E-state index in [0.717, 1.165) is 0 Å². The quantitative estimate of drug-likeness (QED) is 0.0613. The fourth-order valence-corrected chi connectivity index (χ4v) is 5.41. The molecule has 1 fully saturated rings. The summed E-state index contributed by atoms with van der Waals surface area (Å²) in [5.74, 6) is -7.41. The molecule has 0 radical (unpaired) electrons. The number of carboxylic acids is 1. The van der Waals surface area contributed by atoms with Gasteiger partial charge in [-0.2, -0.15) is 0 Å². The third-order valence-corrected chi connectivity index (χ3v) is 8.18. The number of aliphatic carboxylic acids is 1. The summed E-state index contributed by atoms with van der Waals surface area (Å²) >= 11 is 0. The fourth-order valence-electron chi connectivity index (χ4n) is 5.41. The zero-order valence-electron chi connectivity index (χ0n) is 29.4. The van der Waals surface area contributed by atoms with Gasteiger partial charge in [-0.1, -0.05) is 44.2 Å². The summed E-state index contributed by atoms with van der Waals surface area (Å²) in [6, 6.07) is 0.852. The molecule has 12 N–H and O–H groups in total. The van der Waals surface area contributed by atoms with Crippen molar-refractivity contribution >= 4 is 47.3 Å². The molecular weight excluding hydrogens is 684 g/mol. The normalized spacial score (nSPS) is 17.4. The molecule has 19 heteroatoms. The molecule has 52 heavy (non-hydrogen) atoms. The largest absolute Gasteiger partial charge is 0.480 e. The van der Waals surface area contributed by atoms with Crippen molar-refractivity contribution in [3.8, 4) is 0 Å². The molecular formula is C33H50N8O11. The van der Waals surface area contributed by atoms with Gasteiger partial charge in [0.1, 0.15) is 36.3 Å². The van der Waals surface area contributed by atoms with Crippen LogP contribution in [-0.2, 0) is 44.8 Å². The number of nitrogens with zero attached hydrogens (tertiary/aromatic N) is 1.